The molecule has 11 heteroatoms. The van der Waals surface area contributed by atoms with Crippen LogP contribution in [0.5, 0.6) is 0 Å². The van der Waals surface area contributed by atoms with Gasteiger partial charge in [0.15, 0.2) is 0 Å². The molecule has 0 saturated carbocycles. The zero-order chi connectivity index (χ0) is 17.0. The van der Waals surface area contributed by atoms with Crippen molar-refractivity contribution < 1.29 is 18.1 Å². The second kappa shape index (κ2) is 6.25. The van der Waals surface area contributed by atoms with E-state index in [2.05, 4.69) is 20.5 Å². The average Bonchev–Trinajstić information content (AvgIpc) is 2.46. The van der Waals surface area contributed by atoms with Crippen molar-refractivity contribution in [3.8, 4) is 0 Å². The fraction of sp³-hybridized carbons (Fsp3) is 0.0833. The van der Waals surface area contributed by atoms with Crippen LogP contribution in [0.25, 0.3) is 0 Å². The molecular formula is C12H9F3N6O2. The summed E-state index contributed by atoms with van der Waals surface area (Å²) < 4.78 is 38.4. The summed E-state index contributed by atoms with van der Waals surface area (Å²) in [6.45, 7) is 0. The number of nitro groups is 1. The number of nitrogens with one attached hydrogen (secondary N) is 1. The molecule has 0 spiro atoms. The molecule has 23 heavy (non-hydrogen) atoms. The first kappa shape index (κ1) is 16.1. The molecule has 0 saturated heterocycles. The van der Waals surface area contributed by atoms with E-state index in [1.54, 1.807) is 0 Å². The lowest BCUT2D eigenvalue weighted by Gasteiger charge is -2.09. The lowest BCUT2D eigenvalue weighted by molar-refractivity contribution is -0.383. The Balaban J connectivity index is 2.28. The van der Waals surface area contributed by atoms with Crippen LogP contribution in [0.1, 0.15) is 11.1 Å². The second-order valence-corrected chi connectivity index (χ2v) is 4.17. The summed E-state index contributed by atoms with van der Waals surface area (Å²) in [5.74, 6) is -0.721. The van der Waals surface area contributed by atoms with Crippen LogP contribution in [-0.4, -0.2) is 21.1 Å². The third kappa shape index (κ3) is 3.70. The highest BCUT2D eigenvalue weighted by molar-refractivity contribution is 5.83. The molecule has 0 amide bonds. The summed E-state index contributed by atoms with van der Waals surface area (Å²) in [6.07, 6.45) is -2.71. The molecule has 8 nitrogen and oxygen atoms in total. The lowest BCUT2D eigenvalue weighted by Crippen LogP contribution is -2.09. The largest absolute Gasteiger partial charge is 0.417 e. The van der Waals surface area contributed by atoms with Gasteiger partial charge in [-0.3, -0.25) is 15.5 Å². The molecule has 0 unspecified atom stereocenters. The van der Waals surface area contributed by atoms with Crippen LogP contribution in [0.4, 0.5) is 30.5 Å². The molecule has 3 N–H and O–H groups in total. The molecule has 0 fully saturated rings. The Kier molecular flexibility index (Phi) is 4.39. The van der Waals surface area contributed by atoms with E-state index < -0.39 is 28.2 Å². The van der Waals surface area contributed by atoms with Crippen LogP contribution >= 0.6 is 0 Å². The molecule has 120 valence electrons. The van der Waals surface area contributed by atoms with E-state index in [1.165, 1.54) is 18.2 Å². The molecular weight excluding hydrogens is 317 g/mol. The highest BCUT2D eigenvalue weighted by Crippen LogP contribution is 2.31. The van der Waals surface area contributed by atoms with Crippen molar-refractivity contribution in [2.24, 2.45) is 5.10 Å². The smallest absolute Gasteiger partial charge is 0.378 e. The molecule has 0 aliphatic heterocycles. The van der Waals surface area contributed by atoms with Gasteiger partial charge >= 0.3 is 11.9 Å². The normalized spacial score (nSPS) is 11.6. The zero-order valence-corrected chi connectivity index (χ0v) is 11.3. The number of alkyl halides is 3. The van der Waals surface area contributed by atoms with E-state index in [0.717, 1.165) is 18.6 Å². The van der Waals surface area contributed by atoms with Gasteiger partial charge in [-0.05, 0) is 6.07 Å². The lowest BCUT2D eigenvalue weighted by atomic mass is 10.1. The van der Waals surface area contributed by atoms with Gasteiger partial charge in [-0.1, -0.05) is 18.2 Å². The quantitative estimate of drug-likeness (QED) is 0.506. The average molecular weight is 326 g/mol. The van der Waals surface area contributed by atoms with Crippen molar-refractivity contribution in [3.05, 3.63) is 51.8 Å². The Morgan fingerprint density at radius 3 is 2.65 bits per heavy atom. The summed E-state index contributed by atoms with van der Waals surface area (Å²) in [4.78, 5) is 17.1. The van der Waals surface area contributed by atoms with Crippen molar-refractivity contribution in [2.75, 3.05) is 11.2 Å². The van der Waals surface area contributed by atoms with Gasteiger partial charge in [-0.2, -0.15) is 18.3 Å². The van der Waals surface area contributed by atoms with E-state index in [1.807, 2.05) is 0 Å². The Labute approximate surface area is 127 Å². The third-order valence-electron chi connectivity index (χ3n) is 2.67. The molecule has 1 aromatic carbocycles. The third-order valence-corrected chi connectivity index (χ3v) is 2.67. The number of hydrazone groups is 1. The number of benzene rings is 1. The van der Waals surface area contributed by atoms with Crippen LogP contribution < -0.4 is 11.2 Å². The van der Waals surface area contributed by atoms with Crippen LogP contribution in [-0.2, 0) is 6.18 Å². The maximum absolute atomic E-state index is 12.8. The van der Waals surface area contributed by atoms with Gasteiger partial charge in [0.25, 0.3) is 0 Å². The summed E-state index contributed by atoms with van der Waals surface area (Å²) in [6, 6.07) is 4.74. The van der Waals surface area contributed by atoms with Crippen molar-refractivity contribution in [1.82, 2.24) is 9.97 Å². The Hall–Kier alpha value is -3.24. The maximum atomic E-state index is 12.8. The van der Waals surface area contributed by atoms with E-state index in [9.17, 15) is 23.3 Å². The standard InChI is InChI=1S/C12H9F3N6O2/c13-12(14,15)8-4-2-1-3-7(8)5-19-20-11-9(21(22)23)10(16)17-6-18-11/h1-6H,(H3,16,17,18,20). The van der Waals surface area contributed by atoms with Crippen molar-refractivity contribution >= 4 is 23.5 Å². The number of anilines is 2. The monoisotopic (exact) mass is 326 g/mol. The van der Waals surface area contributed by atoms with E-state index >= 15 is 0 Å². The van der Waals surface area contributed by atoms with Gasteiger partial charge in [0.2, 0.25) is 11.6 Å². The number of aromatic nitrogens is 2. The van der Waals surface area contributed by atoms with Gasteiger partial charge in [-0.25, -0.2) is 9.97 Å². The molecule has 1 aromatic heterocycles. The minimum absolute atomic E-state index is 0.211. The molecule has 2 aromatic rings. The molecule has 2 rings (SSSR count). The Morgan fingerprint density at radius 1 is 1.30 bits per heavy atom. The van der Waals surface area contributed by atoms with Crippen LogP contribution in [0.15, 0.2) is 35.7 Å². The topological polar surface area (TPSA) is 119 Å². The van der Waals surface area contributed by atoms with Crippen molar-refractivity contribution in [2.45, 2.75) is 6.18 Å². The minimum atomic E-state index is -4.55. The maximum Gasteiger partial charge on any atom is 0.417 e. The van der Waals surface area contributed by atoms with Crippen molar-refractivity contribution in [1.29, 1.82) is 0 Å². The van der Waals surface area contributed by atoms with Gasteiger partial charge in [0, 0.05) is 5.56 Å². The number of nitrogens with two attached hydrogens (primary N) is 1. The Bertz CT molecular complexity index is 763. The second-order valence-electron chi connectivity index (χ2n) is 4.17. The van der Waals surface area contributed by atoms with E-state index in [0.29, 0.717) is 0 Å². The number of hydrogen-bond donors (Lipinski definition) is 2. The predicted octanol–water partition coefficient (Wildman–Crippen LogP) is 2.43. The number of rotatable bonds is 4. The minimum Gasteiger partial charge on any atom is -0.378 e. The highest BCUT2D eigenvalue weighted by Gasteiger charge is 2.32. The molecule has 0 aliphatic rings. The van der Waals surface area contributed by atoms with Crippen LogP contribution in [0.2, 0.25) is 0 Å². The highest BCUT2D eigenvalue weighted by atomic mass is 19.4. The fourth-order valence-corrected chi connectivity index (χ4v) is 1.68. The van der Waals surface area contributed by atoms with Crippen LogP contribution in [0.3, 0.4) is 0 Å². The van der Waals surface area contributed by atoms with Gasteiger partial charge in [0.05, 0.1) is 16.7 Å². The predicted molar refractivity (Wildman–Crippen MR) is 75.8 cm³/mol. The SMILES string of the molecule is Nc1ncnc(NN=Cc2ccccc2C(F)(F)F)c1[N+](=O)[O-]. The fourth-order valence-electron chi connectivity index (χ4n) is 1.68. The zero-order valence-electron chi connectivity index (χ0n) is 11.3. The molecule has 0 atom stereocenters. The summed E-state index contributed by atoms with van der Waals surface area (Å²) in [7, 11) is 0. The first-order valence-electron chi connectivity index (χ1n) is 6.01. The van der Waals surface area contributed by atoms with E-state index in [4.69, 9.17) is 5.73 Å². The van der Waals surface area contributed by atoms with Gasteiger partial charge in [0.1, 0.15) is 6.33 Å². The first-order valence-corrected chi connectivity index (χ1v) is 6.01. The van der Waals surface area contributed by atoms with Gasteiger partial charge in [-0.15, -0.1) is 0 Å². The molecule has 1 heterocycles. The first-order chi connectivity index (χ1) is 10.8. The number of nitrogen functional groups attached to an aromatic ring is 1. The number of hydrogen-bond acceptors (Lipinski definition) is 7. The molecule has 0 bridgehead atoms. The molecule has 0 aliphatic carbocycles. The summed E-state index contributed by atoms with van der Waals surface area (Å²) in [5.41, 5.74) is 5.83. The van der Waals surface area contributed by atoms with Crippen molar-refractivity contribution in [3.63, 3.8) is 0 Å². The Morgan fingerprint density at radius 2 is 2.00 bits per heavy atom. The molecule has 0 radical (unpaired) electrons. The summed E-state index contributed by atoms with van der Waals surface area (Å²) >= 11 is 0. The van der Waals surface area contributed by atoms with E-state index in [-0.39, 0.29) is 11.4 Å². The van der Waals surface area contributed by atoms with Crippen LogP contribution in [0, 0.1) is 10.1 Å². The summed E-state index contributed by atoms with van der Waals surface area (Å²) in [5, 5.41) is 14.4. The van der Waals surface area contributed by atoms with Gasteiger partial charge < -0.3 is 5.73 Å². The number of halogens is 3. The number of nitrogens with zero attached hydrogens (tertiary/aromatic N) is 4.